The third-order valence-corrected chi connectivity index (χ3v) is 6.46. The van der Waals surface area contributed by atoms with E-state index >= 15 is 0 Å². The first-order chi connectivity index (χ1) is 15.4. The van der Waals surface area contributed by atoms with E-state index in [4.69, 9.17) is 0 Å². The maximum absolute atomic E-state index is 13.2. The van der Waals surface area contributed by atoms with Gasteiger partial charge in [0, 0.05) is 18.5 Å². The van der Waals surface area contributed by atoms with Crippen LogP contribution in [0, 0.1) is 11.8 Å². The van der Waals surface area contributed by atoms with Crippen molar-refractivity contribution in [1.82, 2.24) is 19.9 Å². The zero-order chi connectivity index (χ0) is 22.7. The zero-order valence-corrected chi connectivity index (χ0v) is 19.1. The number of carbonyl (C=O) groups excluding carboxylic acids is 2. The molecule has 6 nitrogen and oxygen atoms in total. The van der Waals surface area contributed by atoms with Crippen LogP contribution in [0.4, 0.5) is 0 Å². The largest absolute Gasteiger partial charge is 0.346 e. The van der Waals surface area contributed by atoms with Crippen LogP contribution >= 0.6 is 0 Å². The van der Waals surface area contributed by atoms with Crippen LogP contribution in [-0.4, -0.2) is 26.3 Å². The average Bonchev–Trinajstić information content (AvgIpc) is 3.39. The fourth-order valence-corrected chi connectivity index (χ4v) is 4.58. The number of pyridine rings is 1. The monoisotopic (exact) mass is 432 g/mol. The van der Waals surface area contributed by atoms with Crippen molar-refractivity contribution in [3.63, 3.8) is 0 Å². The molecule has 4 rings (SSSR count). The number of nitrogens with zero attached hydrogens (tertiary/aromatic N) is 3. The molecule has 0 aliphatic heterocycles. The molecular formula is C26H32N4O2. The number of carbonyl (C=O) groups is 2. The Labute approximate surface area is 189 Å². The second-order valence-corrected chi connectivity index (χ2v) is 9.40. The average molecular weight is 433 g/mol. The van der Waals surface area contributed by atoms with Crippen molar-refractivity contribution in [3.05, 3.63) is 65.6 Å². The van der Waals surface area contributed by atoms with Gasteiger partial charge in [-0.3, -0.25) is 14.0 Å². The highest BCUT2D eigenvalue weighted by atomic mass is 16.2. The second-order valence-electron chi connectivity index (χ2n) is 9.40. The molecule has 1 fully saturated rings. The Bertz CT molecular complexity index is 1090. The Balaban J connectivity index is 1.46. The van der Waals surface area contributed by atoms with Crippen molar-refractivity contribution >= 4 is 17.3 Å². The number of hydrogen-bond donors (Lipinski definition) is 1. The van der Waals surface area contributed by atoms with E-state index in [1.54, 1.807) is 0 Å². The Morgan fingerprint density at radius 1 is 1.12 bits per heavy atom. The molecule has 1 N–H and O–H groups in total. The minimum absolute atomic E-state index is 0.0259. The van der Waals surface area contributed by atoms with Crippen LogP contribution in [0.2, 0.25) is 0 Å². The predicted octanol–water partition coefficient (Wildman–Crippen LogP) is 4.65. The van der Waals surface area contributed by atoms with Crippen molar-refractivity contribution in [1.29, 1.82) is 0 Å². The molecule has 0 radical (unpaired) electrons. The molecule has 1 aromatic carbocycles. The van der Waals surface area contributed by atoms with Crippen LogP contribution in [0.1, 0.15) is 75.4 Å². The highest BCUT2D eigenvalue weighted by Crippen LogP contribution is 2.27. The molecule has 3 aromatic rings. The van der Waals surface area contributed by atoms with E-state index in [-0.39, 0.29) is 23.8 Å². The van der Waals surface area contributed by atoms with Crippen LogP contribution in [0.25, 0.3) is 5.65 Å². The van der Waals surface area contributed by atoms with E-state index in [2.05, 4.69) is 41.5 Å². The Morgan fingerprint density at radius 2 is 1.91 bits per heavy atom. The summed E-state index contributed by atoms with van der Waals surface area (Å²) in [6.07, 6.45) is 6.24. The number of amides is 1. The topological polar surface area (TPSA) is 76.4 Å². The summed E-state index contributed by atoms with van der Waals surface area (Å²) in [6, 6.07) is 13.7. The molecule has 0 bridgehead atoms. The van der Waals surface area contributed by atoms with Gasteiger partial charge in [-0.2, -0.15) is 0 Å². The molecule has 168 valence electrons. The van der Waals surface area contributed by atoms with Gasteiger partial charge in [0.25, 0.3) is 0 Å². The normalized spacial score (nSPS) is 18.2. The lowest BCUT2D eigenvalue weighted by Crippen LogP contribution is -2.33. The number of fused-ring (bicyclic) bond motifs is 1. The molecule has 0 spiro atoms. The van der Waals surface area contributed by atoms with Crippen LogP contribution in [0.5, 0.6) is 0 Å². The Morgan fingerprint density at radius 3 is 2.59 bits per heavy atom. The first-order valence-corrected chi connectivity index (χ1v) is 11.6. The van der Waals surface area contributed by atoms with Gasteiger partial charge in [-0.15, -0.1) is 10.2 Å². The number of rotatable bonds is 8. The number of hydrogen-bond acceptors (Lipinski definition) is 4. The fourth-order valence-electron chi connectivity index (χ4n) is 4.58. The molecule has 1 aliphatic carbocycles. The third kappa shape index (κ3) is 4.90. The minimum atomic E-state index is -0.286. The molecule has 2 aromatic heterocycles. The first-order valence-electron chi connectivity index (χ1n) is 11.6. The Hall–Kier alpha value is -3.02. The number of ketones is 1. The predicted molar refractivity (Wildman–Crippen MR) is 124 cm³/mol. The number of nitrogens with one attached hydrogen (secondary N) is 1. The number of benzene rings is 1. The molecular weight excluding hydrogens is 400 g/mol. The van der Waals surface area contributed by atoms with Crippen molar-refractivity contribution in [3.8, 4) is 0 Å². The smallest absolute Gasteiger partial charge is 0.227 e. The van der Waals surface area contributed by atoms with E-state index in [1.165, 1.54) is 0 Å². The van der Waals surface area contributed by atoms with Gasteiger partial charge in [0.1, 0.15) is 5.78 Å². The van der Waals surface area contributed by atoms with E-state index < -0.39 is 0 Å². The van der Waals surface area contributed by atoms with E-state index in [1.807, 2.05) is 47.9 Å². The van der Waals surface area contributed by atoms with Crippen LogP contribution in [-0.2, 0) is 16.0 Å². The zero-order valence-electron chi connectivity index (χ0n) is 19.1. The quantitative estimate of drug-likeness (QED) is 0.562. The molecule has 32 heavy (non-hydrogen) atoms. The molecule has 6 heteroatoms. The van der Waals surface area contributed by atoms with Gasteiger partial charge in [-0.25, -0.2) is 0 Å². The highest BCUT2D eigenvalue weighted by molar-refractivity contribution is 5.84. The summed E-state index contributed by atoms with van der Waals surface area (Å²) in [6.45, 7) is 6.21. The molecule has 1 aliphatic rings. The summed E-state index contributed by atoms with van der Waals surface area (Å²) in [5.74, 6) is 1.39. The second kappa shape index (κ2) is 9.63. The van der Waals surface area contributed by atoms with Gasteiger partial charge in [0.05, 0.1) is 12.0 Å². The lowest BCUT2D eigenvalue weighted by Gasteiger charge is -2.22. The lowest BCUT2D eigenvalue weighted by atomic mass is 9.93. The summed E-state index contributed by atoms with van der Waals surface area (Å²) < 4.78 is 1.94. The van der Waals surface area contributed by atoms with Crippen molar-refractivity contribution in [2.75, 3.05) is 0 Å². The Kier molecular flexibility index (Phi) is 6.68. The van der Waals surface area contributed by atoms with Gasteiger partial charge >= 0.3 is 0 Å². The van der Waals surface area contributed by atoms with Crippen molar-refractivity contribution < 1.29 is 9.59 Å². The van der Waals surface area contributed by atoms with Gasteiger partial charge in [-0.1, -0.05) is 44.2 Å². The summed E-state index contributed by atoms with van der Waals surface area (Å²) in [5.41, 5.74) is 2.91. The maximum Gasteiger partial charge on any atom is 0.227 e. The third-order valence-electron chi connectivity index (χ3n) is 6.46. The fraction of sp³-hybridized carbons (Fsp3) is 0.462. The van der Waals surface area contributed by atoms with Crippen LogP contribution in [0.3, 0.4) is 0 Å². The van der Waals surface area contributed by atoms with E-state index in [9.17, 15) is 9.59 Å². The standard InChI is InChI=1S/C26H32N4O2/c1-17(2)15-22(25-29-28-24-9-4-5-14-30(24)25)27-26(32)18(3)20-12-10-19(11-13-20)16-21-7-6-8-23(21)31/h4-5,9-14,17-18,21-22H,6-8,15-16H2,1-3H3,(H,27,32)/t18-,21-,22+/m1/s1. The highest BCUT2D eigenvalue weighted by Gasteiger charge is 2.26. The molecule has 1 amide bonds. The van der Waals surface area contributed by atoms with E-state index in [0.29, 0.717) is 11.7 Å². The van der Waals surface area contributed by atoms with Crippen LogP contribution < -0.4 is 5.32 Å². The number of aromatic nitrogens is 3. The van der Waals surface area contributed by atoms with E-state index in [0.717, 1.165) is 54.7 Å². The molecule has 1 saturated carbocycles. The summed E-state index contributed by atoms with van der Waals surface area (Å²) in [7, 11) is 0. The summed E-state index contributed by atoms with van der Waals surface area (Å²) >= 11 is 0. The lowest BCUT2D eigenvalue weighted by molar-refractivity contribution is -0.123. The van der Waals surface area contributed by atoms with Crippen LogP contribution in [0.15, 0.2) is 48.7 Å². The SMILES string of the molecule is CC(C)C[C@H](NC(=O)[C@H](C)c1ccc(C[C@H]2CCCC2=O)cc1)c1nnc2ccccn12. The summed E-state index contributed by atoms with van der Waals surface area (Å²) in [4.78, 5) is 25.1. The molecule has 3 atom stereocenters. The minimum Gasteiger partial charge on any atom is -0.346 e. The van der Waals surface area contributed by atoms with Gasteiger partial charge in [0.15, 0.2) is 11.5 Å². The van der Waals surface area contributed by atoms with Crippen molar-refractivity contribution in [2.45, 2.75) is 64.8 Å². The summed E-state index contributed by atoms with van der Waals surface area (Å²) in [5, 5.41) is 11.8. The van der Waals surface area contributed by atoms with Crippen molar-refractivity contribution in [2.24, 2.45) is 11.8 Å². The number of Topliss-reactive ketones (excluding diaryl/α,β-unsaturated/α-hetero) is 1. The molecule has 2 heterocycles. The maximum atomic E-state index is 13.2. The van der Waals surface area contributed by atoms with Gasteiger partial charge < -0.3 is 5.32 Å². The van der Waals surface area contributed by atoms with Gasteiger partial charge in [-0.05, 0) is 61.8 Å². The molecule has 0 saturated heterocycles. The molecule has 0 unspecified atom stereocenters. The van der Waals surface area contributed by atoms with Gasteiger partial charge in [0.2, 0.25) is 5.91 Å². The first kappa shape index (κ1) is 22.2.